The Bertz CT molecular complexity index is 2870. The first-order chi connectivity index (χ1) is 31.5. The molecule has 6 aromatic rings. The van der Waals surface area contributed by atoms with Gasteiger partial charge in [-0.1, -0.05) is 180 Å². The molecule has 0 aliphatic heterocycles. The standard InChI is InChI=1S/C65H76N2/c1-16-24-49(47-25-19-17-20-26-47)38-45(3)66(52-30-23-29-50(39-52)48-27-21-18-22-28-48)59-40-51(61(5,6)7)41-60(46(59)4)67(53-31-32-54-56(42-53)64(12,13)34-33-62(54,8)9)58-43-57-55(37-44(58)2)63(10,11)35-36-65(57,14)15/h16-32,37-43H,3,33-36H2,1-2,4-15H3/b24-16-,49-38+. The van der Waals surface area contributed by atoms with Crippen LogP contribution in [-0.2, 0) is 27.1 Å². The highest BCUT2D eigenvalue weighted by Crippen LogP contribution is 2.53. The van der Waals surface area contributed by atoms with E-state index in [2.05, 4.69) is 252 Å². The maximum Gasteiger partial charge on any atom is 0.0514 e. The summed E-state index contributed by atoms with van der Waals surface area (Å²) in [4.78, 5) is 5.04. The number of allylic oxidation sites excluding steroid dienone is 4. The lowest BCUT2D eigenvalue weighted by Crippen LogP contribution is -2.34. The Labute approximate surface area is 405 Å². The van der Waals surface area contributed by atoms with E-state index >= 15 is 0 Å². The van der Waals surface area contributed by atoms with Crippen molar-refractivity contribution in [2.45, 2.75) is 150 Å². The highest BCUT2D eigenvalue weighted by molar-refractivity contribution is 5.89. The Kier molecular flexibility index (Phi) is 12.6. The van der Waals surface area contributed by atoms with Gasteiger partial charge in [-0.3, -0.25) is 0 Å². The monoisotopic (exact) mass is 885 g/mol. The molecule has 0 fully saturated rings. The Balaban J connectivity index is 1.46. The summed E-state index contributed by atoms with van der Waals surface area (Å²) >= 11 is 0. The summed E-state index contributed by atoms with van der Waals surface area (Å²) in [5.41, 5.74) is 21.1. The molecule has 2 aliphatic carbocycles. The first kappa shape index (κ1) is 47.6. The van der Waals surface area contributed by atoms with Gasteiger partial charge in [-0.15, -0.1) is 0 Å². The summed E-state index contributed by atoms with van der Waals surface area (Å²) in [6, 6.07) is 47.9. The topological polar surface area (TPSA) is 6.48 Å². The molecule has 0 atom stereocenters. The zero-order valence-corrected chi connectivity index (χ0v) is 43.3. The Morgan fingerprint density at radius 2 is 1.07 bits per heavy atom. The van der Waals surface area contributed by atoms with Crippen molar-refractivity contribution in [1.29, 1.82) is 0 Å². The molecule has 2 nitrogen and oxygen atoms in total. The zero-order chi connectivity index (χ0) is 48.3. The van der Waals surface area contributed by atoms with Gasteiger partial charge in [0.05, 0.1) is 11.4 Å². The van der Waals surface area contributed by atoms with Crippen molar-refractivity contribution < 1.29 is 0 Å². The average Bonchev–Trinajstić information content (AvgIpc) is 3.28. The molecule has 0 amide bonds. The largest absolute Gasteiger partial charge is 0.311 e. The lowest BCUT2D eigenvalue weighted by Gasteiger charge is -2.44. The van der Waals surface area contributed by atoms with E-state index in [9.17, 15) is 0 Å². The molecule has 0 aromatic heterocycles. The van der Waals surface area contributed by atoms with Gasteiger partial charge in [0.25, 0.3) is 0 Å². The number of fused-ring (bicyclic) bond motifs is 2. The average molecular weight is 885 g/mol. The van der Waals surface area contributed by atoms with Crippen molar-refractivity contribution in [3.63, 3.8) is 0 Å². The molecular formula is C65H76N2. The summed E-state index contributed by atoms with van der Waals surface area (Å²) < 4.78 is 0. The molecule has 0 heterocycles. The normalized spacial score (nSPS) is 17.1. The van der Waals surface area contributed by atoms with Crippen LogP contribution >= 0.6 is 0 Å². The van der Waals surface area contributed by atoms with E-state index in [0.717, 1.165) is 46.6 Å². The molecule has 0 bridgehead atoms. The molecule has 2 aliphatic rings. The van der Waals surface area contributed by atoms with Crippen molar-refractivity contribution in [3.05, 3.63) is 202 Å². The first-order valence-electron chi connectivity index (χ1n) is 24.8. The third-order valence-electron chi connectivity index (χ3n) is 15.5. The molecule has 0 saturated carbocycles. The SMILES string of the molecule is C=C(/C=C(\C=C/C)c1ccccc1)N(c1cccc(-c2ccccc2)c1)c1cc(C(C)(C)C)cc(N(c2ccc3c(c2)C(C)(C)CCC3(C)C)c2cc3c(cc2C)C(C)(C)CCC3(C)C)c1C. The molecule has 2 heteroatoms. The summed E-state index contributed by atoms with van der Waals surface area (Å²) in [7, 11) is 0. The summed E-state index contributed by atoms with van der Waals surface area (Å²) in [6.07, 6.45) is 11.3. The van der Waals surface area contributed by atoms with E-state index in [0.29, 0.717) is 0 Å². The predicted octanol–water partition coefficient (Wildman–Crippen LogP) is 18.7. The summed E-state index contributed by atoms with van der Waals surface area (Å²) in [5.74, 6) is 0. The molecule has 0 unspecified atom stereocenters. The van der Waals surface area contributed by atoms with Crippen LogP contribution in [0.15, 0.2) is 158 Å². The number of hydrogen-bond acceptors (Lipinski definition) is 2. The number of aryl methyl sites for hydroxylation is 1. The first-order valence-corrected chi connectivity index (χ1v) is 24.8. The molecule has 0 N–H and O–H groups in total. The summed E-state index contributed by atoms with van der Waals surface area (Å²) in [5, 5.41) is 0. The van der Waals surface area contributed by atoms with Crippen LogP contribution in [0, 0.1) is 13.8 Å². The minimum Gasteiger partial charge on any atom is -0.311 e. The van der Waals surface area contributed by atoms with Crippen LogP contribution in [0.3, 0.4) is 0 Å². The highest BCUT2D eigenvalue weighted by Gasteiger charge is 2.40. The fourth-order valence-electron chi connectivity index (χ4n) is 10.9. The lowest BCUT2D eigenvalue weighted by atomic mass is 9.62. The molecule has 67 heavy (non-hydrogen) atoms. The van der Waals surface area contributed by atoms with E-state index in [1.54, 1.807) is 0 Å². The van der Waals surface area contributed by atoms with Gasteiger partial charge in [0.1, 0.15) is 0 Å². The third kappa shape index (κ3) is 9.26. The van der Waals surface area contributed by atoms with Crippen LogP contribution in [0.2, 0.25) is 0 Å². The van der Waals surface area contributed by atoms with Crippen molar-refractivity contribution in [1.82, 2.24) is 0 Å². The van der Waals surface area contributed by atoms with E-state index in [1.165, 1.54) is 74.4 Å². The highest BCUT2D eigenvalue weighted by atomic mass is 15.2. The van der Waals surface area contributed by atoms with Crippen LogP contribution in [0.5, 0.6) is 0 Å². The number of benzene rings is 6. The molecule has 0 radical (unpaired) electrons. The fourth-order valence-corrected chi connectivity index (χ4v) is 10.9. The fraction of sp³-hybridized carbons (Fsp3) is 0.354. The van der Waals surface area contributed by atoms with Crippen molar-refractivity contribution in [3.8, 4) is 11.1 Å². The van der Waals surface area contributed by atoms with Gasteiger partial charge in [0.2, 0.25) is 0 Å². The predicted molar refractivity (Wildman–Crippen MR) is 292 cm³/mol. The molecule has 8 rings (SSSR count). The van der Waals surface area contributed by atoms with Gasteiger partial charge < -0.3 is 9.80 Å². The van der Waals surface area contributed by atoms with Gasteiger partial charge in [-0.25, -0.2) is 0 Å². The van der Waals surface area contributed by atoms with E-state index in [4.69, 9.17) is 6.58 Å². The van der Waals surface area contributed by atoms with E-state index in [1.807, 2.05) is 0 Å². The van der Waals surface area contributed by atoms with Crippen LogP contribution in [-0.4, -0.2) is 0 Å². The smallest absolute Gasteiger partial charge is 0.0514 e. The van der Waals surface area contributed by atoms with Crippen molar-refractivity contribution in [2.75, 3.05) is 9.80 Å². The number of anilines is 5. The Morgan fingerprint density at radius 3 is 1.67 bits per heavy atom. The van der Waals surface area contributed by atoms with Gasteiger partial charge >= 0.3 is 0 Å². The second-order valence-corrected chi connectivity index (χ2v) is 23.4. The quantitative estimate of drug-likeness (QED) is 0.127. The maximum absolute atomic E-state index is 4.95. The van der Waals surface area contributed by atoms with Crippen LogP contribution in [0.4, 0.5) is 28.4 Å². The second kappa shape index (κ2) is 17.7. The summed E-state index contributed by atoms with van der Waals surface area (Å²) in [6.45, 7) is 38.3. The van der Waals surface area contributed by atoms with Crippen LogP contribution in [0.25, 0.3) is 16.7 Å². The van der Waals surface area contributed by atoms with Gasteiger partial charge in [0, 0.05) is 22.8 Å². The molecule has 0 spiro atoms. The van der Waals surface area contributed by atoms with Crippen molar-refractivity contribution >= 4 is 34.0 Å². The van der Waals surface area contributed by atoms with Gasteiger partial charge in [-0.2, -0.15) is 0 Å². The number of rotatable bonds is 10. The van der Waals surface area contributed by atoms with E-state index in [-0.39, 0.29) is 27.1 Å². The molecule has 0 saturated heterocycles. The Hall–Kier alpha value is -5.86. The van der Waals surface area contributed by atoms with Gasteiger partial charge in [0.15, 0.2) is 0 Å². The second-order valence-electron chi connectivity index (χ2n) is 23.4. The van der Waals surface area contributed by atoms with Crippen LogP contribution < -0.4 is 9.80 Å². The minimum absolute atomic E-state index is 0.0440. The number of hydrogen-bond donors (Lipinski definition) is 0. The van der Waals surface area contributed by atoms with Gasteiger partial charge in [-0.05, 0) is 183 Å². The third-order valence-corrected chi connectivity index (χ3v) is 15.5. The maximum atomic E-state index is 4.95. The number of nitrogens with zero attached hydrogens (tertiary/aromatic N) is 2. The molecular weight excluding hydrogens is 809 g/mol. The zero-order valence-electron chi connectivity index (χ0n) is 43.3. The van der Waals surface area contributed by atoms with Crippen molar-refractivity contribution in [2.24, 2.45) is 0 Å². The lowest BCUT2D eigenvalue weighted by molar-refractivity contribution is 0.331. The molecule has 6 aromatic carbocycles. The Morgan fingerprint density at radius 1 is 0.537 bits per heavy atom. The minimum atomic E-state index is -0.170. The van der Waals surface area contributed by atoms with E-state index < -0.39 is 0 Å². The molecule has 346 valence electrons. The van der Waals surface area contributed by atoms with Crippen LogP contribution in [0.1, 0.15) is 153 Å².